The molecule has 0 aromatic carbocycles. The highest BCUT2D eigenvalue weighted by Gasteiger charge is 2.38. The van der Waals surface area contributed by atoms with Crippen LogP contribution in [0.4, 0.5) is 0 Å². The molecule has 0 aromatic heterocycles. The normalized spacial score (nSPS) is 18.2. The fourth-order valence-corrected chi connectivity index (χ4v) is 1.52. The minimum Gasteiger partial charge on any atom is -0.383 e. The maximum absolute atomic E-state index is 4.86. The Hall–Kier alpha value is -0.110. The Kier molecular flexibility index (Phi) is 5.00. The first-order valence-electron chi connectivity index (χ1n) is 6.15. The summed E-state index contributed by atoms with van der Waals surface area (Å²) in [5.41, 5.74) is 1.46. The van der Waals surface area contributed by atoms with Crippen LogP contribution >= 0.6 is 12.6 Å². The zero-order valence-corrected chi connectivity index (χ0v) is 13.1. The Morgan fingerprint density at radius 1 is 1.12 bits per heavy atom. The minimum absolute atomic E-state index is 0.120. The maximum atomic E-state index is 4.86. The van der Waals surface area contributed by atoms with Crippen LogP contribution in [0.2, 0.25) is 0 Å². The largest absolute Gasteiger partial charge is 0.383 e. The number of rotatable bonds is 4. The summed E-state index contributed by atoms with van der Waals surface area (Å²) >= 11 is 4.86. The van der Waals surface area contributed by atoms with Gasteiger partial charge in [0.05, 0.1) is 4.75 Å². The Bertz CT molecular complexity index is 256. The fraction of sp³-hybridized carbons (Fsp3) is 0.857. The van der Waals surface area contributed by atoms with Gasteiger partial charge in [0.25, 0.3) is 0 Å². The van der Waals surface area contributed by atoms with Crippen LogP contribution in [-0.2, 0) is 0 Å². The Balaban J connectivity index is 5.05. The molecule has 0 aliphatic rings. The molecule has 0 fully saturated rings. The Labute approximate surface area is 107 Å². The van der Waals surface area contributed by atoms with Crippen LogP contribution in [0, 0.1) is 5.41 Å². The molecule has 1 N–H and O–H groups in total. The molecule has 0 saturated heterocycles. The van der Waals surface area contributed by atoms with Gasteiger partial charge in [-0.15, -0.1) is 0 Å². The summed E-state index contributed by atoms with van der Waals surface area (Å²) in [6.07, 6.45) is 3.24. The van der Waals surface area contributed by atoms with Crippen molar-refractivity contribution in [1.82, 2.24) is 5.32 Å². The van der Waals surface area contributed by atoms with Crippen LogP contribution < -0.4 is 5.32 Å². The van der Waals surface area contributed by atoms with E-state index in [-0.39, 0.29) is 15.7 Å². The van der Waals surface area contributed by atoms with Crippen molar-refractivity contribution in [3.05, 3.63) is 11.8 Å². The molecule has 0 aromatic rings. The zero-order valence-electron chi connectivity index (χ0n) is 12.2. The predicted octanol–water partition coefficient (Wildman–Crippen LogP) is 4.40. The number of thiol groups is 1. The lowest BCUT2D eigenvalue weighted by atomic mass is 9.78. The summed E-state index contributed by atoms with van der Waals surface area (Å²) in [6, 6.07) is 0. The van der Waals surface area contributed by atoms with E-state index in [1.807, 2.05) is 0 Å². The van der Waals surface area contributed by atoms with E-state index in [1.54, 1.807) is 0 Å². The van der Waals surface area contributed by atoms with Crippen molar-refractivity contribution in [2.24, 2.45) is 5.41 Å². The van der Waals surface area contributed by atoms with E-state index in [9.17, 15) is 0 Å². The second kappa shape index (κ2) is 5.03. The first-order valence-corrected chi connectivity index (χ1v) is 6.60. The summed E-state index contributed by atoms with van der Waals surface area (Å²) in [4.78, 5) is 0. The second-order valence-corrected chi connectivity index (χ2v) is 7.28. The van der Waals surface area contributed by atoms with Crippen LogP contribution in [0.3, 0.4) is 0 Å². The first-order chi connectivity index (χ1) is 6.98. The summed E-state index contributed by atoms with van der Waals surface area (Å²) < 4.78 is -0.145. The van der Waals surface area contributed by atoms with Crippen molar-refractivity contribution in [2.75, 3.05) is 0 Å². The molecule has 1 unspecified atom stereocenters. The van der Waals surface area contributed by atoms with E-state index in [0.29, 0.717) is 0 Å². The molecule has 0 rings (SSSR count). The standard InChI is InChI=1S/C14H29NS/c1-9-11(15-13(6,7)10-2)14(8,16)12(3,4)5/h9,15-16H,10H2,1-8H3/b11-9+. The minimum atomic E-state index is -0.145. The van der Waals surface area contributed by atoms with Gasteiger partial charge in [0.2, 0.25) is 0 Å². The molecule has 0 saturated carbocycles. The van der Waals surface area contributed by atoms with E-state index in [1.165, 1.54) is 5.70 Å². The molecular formula is C14H29NS. The third-order valence-corrected chi connectivity index (χ3v) is 4.54. The van der Waals surface area contributed by atoms with Gasteiger partial charge in [0, 0.05) is 11.2 Å². The van der Waals surface area contributed by atoms with Gasteiger partial charge in [-0.3, -0.25) is 0 Å². The van der Waals surface area contributed by atoms with E-state index < -0.39 is 0 Å². The van der Waals surface area contributed by atoms with Gasteiger partial charge in [0.15, 0.2) is 0 Å². The van der Waals surface area contributed by atoms with Crippen LogP contribution in [0.15, 0.2) is 11.8 Å². The Morgan fingerprint density at radius 3 is 1.81 bits per heavy atom. The zero-order chi connectivity index (χ0) is 13.2. The average Bonchev–Trinajstić information content (AvgIpc) is 2.12. The monoisotopic (exact) mass is 243 g/mol. The van der Waals surface area contributed by atoms with Crippen molar-refractivity contribution in [3.63, 3.8) is 0 Å². The summed E-state index contributed by atoms with van der Waals surface area (Å²) in [7, 11) is 0. The van der Waals surface area contributed by atoms with Gasteiger partial charge in [-0.25, -0.2) is 0 Å². The number of hydrogen-bond acceptors (Lipinski definition) is 2. The van der Waals surface area contributed by atoms with Crippen molar-refractivity contribution in [2.45, 2.75) is 72.1 Å². The van der Waals surface area contributed by atoms with Gasteiger partial charge in [-0.1, -0.05) is 33.8 Å². The van der Waals surface area contributed by atoms with Crippen LogP contribution in [-0.4, -0.2) is 10.3 Å². The van der Waals surface area contributed by atoms with Crippen LogP contribution in [0.1, 0.15) is 61.8 Å². The molecule has 0 heterocycles. The van der Waals surface area contributed by atoms with E-state index in [4.69, 9.17) is 12.6 Å². The summed E-state index contributed by atoms with van der Waals surface area (Å²) in [5, 5.41) is 3.62. The van der Waals surface area contributed by atoms with Gasteiger partial charge in [-0.05, 0) is 39.5 Å². The van der Waals surface area contributed by atoms with Crippen molar-refractivity contribution in [3.8, 4) is 0 Å². The lowest BCUT2D eigenvalue weighted by Crippen LogP contribution is -2.48. The highest BCUT2D eigenvalue weighted by molar-refractivity contribution is 7.82. The van der Waals surface area contributed by atoms with Crippen molar-refractivity contribution < 1.29 is 0 Å². The number of nitrogens with one attached hydrogen (secondary N) is 1. The molecule has 0 aliphatic heterocycles. The number of allylic oxidation sites excluding steroid dienone is 1. The first kappa shape index (κ1) is 15.9. The average molecular weight is 243 g/mol. The molecule has 1 nitrogen and oxygen atoms in total. The molecule has 0 aliphatic carbocycles. The van der Waals surface area contributed by atoms with E-state index in [2.05, 4.69) is 66.8 Å². The molecule has 96 valence electrons. The maximum Gasteiger partial charge on any atom is 0.0541 e. The summed E-state index contributed by atoms with van der Waals surface area (Å²) in [5.74, 6) is 0. The summed E-state index contributed by atoms with van der Waals surface area (Å²) in [6.45, 7) is 17.6. The van der Waals surface area contributed by atoms with Gasteiger partial charge < -0.3 is 5.32 Å². The van der Waals surface area contributed by atoms with Crippen LogP contribution in [0.5, 0.6) is 0 Å². The Morgan fingerprint density at radius 2 is 1.56 bits per heavy atom. The third-order valence-electron chi connectivity index (χ3n) is 3.63. The smallest absolute Gasteiger partial charge is 0.0541 e. The van der Waals surface area contributed by atoms with Crippen molar-refractivity contribution >= 4 is 12.6 Å². The fourth-order valence-electron chi connectivity index (χ4n) is 1.33. The van der Waals surface area contributed by atoms with Gasteiger partial charge in [0.1, 0.15) is 0 Å². The van der Waals surface area contributed by atoms with Crippen molar-refractivity contribution in [1.29, 1.82) is 0 Å². The molecule has 2 heteroatoms. The van der Waals surface area contributed by atoms with E-state index >= 15 is 0 Å². The molecule has 16 heavy (non-hydrogen) atoms. The topological polar surface area (TPSA) is 12.0 Å². The molecule has 0 spiro atoms. The number of hydrogen-bond donors (Lipinski definition) is 2. The SMILES string of the molecule is C/C=C(/NC(C)(C)CC)C(C)(S)C(C)(C)C. The molecule has 0 radical (unpaired) electrons. The highest BCUT2D eigenvalue weighted by atomic mass is 32.1. The quantitative estimate of drug-likeness (QED) is 0.697. The predicted molar refractivity (Wildman–Crippen MR) is 78.1 cm³/mol. The van der Waals surface area contributed by atoms with Crippen LogP contribution in [0.25, 0.3) is 0 Å². The van der Waals surface area contributed by atoms with E-state index in [0.717, 1.165) is 6.42 Å². The molecule has 0 bridgehead atoms. The highest BCUT2D eigenvalue weighted by Crippen LogP contribution is 2.41. The lowest BCUT2D eigenvalue weighted by molar-refractivity contribution is 0.300. The molecular weight excluding hydrogens is 214 g/mol. The third kappa shape index (κ3) is 3.73. The molecule has 1 atom stereocenters. The lowest BCUT2D eigenvalue weighted by Gasteiger charge is -2.43. The van der Waals surface area contributed by atoms with Gasteiger partial charge in [-0.2, -0.15) is 12.6 Å². The van der Waals surface area contributed by atoms with Gasteiger partial charge >= 0.3 is 0 Å². The molecule has 0 amide bonds. The second-order valence-electron chi connectivity index (χ2n) is 6.39.